The Morgan fingerprint density at radius 2 is 1.47 bits per heavy atom. The van der Waals surface area contributed by atoms with E-state index < -0.39 is 17.6 Å². The smallest absolute Gasteiger partial charge is 0.283 e. The maximum Gasteiger partial charge on any atom is 0.283 e. The fraction of sp³-hybridized carbons (Fsp3) is 0.0833. The molecule has 3 aromatic rings. The lowest BCUT2D eigenvalue weighted by Gasteiger charge is -2.21. The zero-order valence-corrected chi connectivity index (χ0v) is 17.3. The minimum atomic E-state index is -0.623. The van der Waals surface area contributed by atoms with Crippen LogP contribution < -0.4 is 9.80 Å². The zero-order chi connectivity index (χ0) is 21.3. The monoisotopic (exact) mass is 418 g/mol. The normalized spacial score (nSPS) is 13.9. The minimum absolute atomic E-state index is 0.0500. The van der Waals surface area contributed by atoms with Crippen molar-refractivity contribution in [1.29, 1.82) is 0 Å². The van der Waals surface area contributed by atoms with Crippen LogP contribution >= 0.6 is 11.8 Å². The molecular formula is C24H19FN2O2S. The number of para-hydroxylation sites is 2. The maximum absolute atomic E-state index is 14.5. The Morgan fingerprint density at radius 3 is 2.13 bits per heavy atom. The van der Waals surface area contributed by atoms with Gasteiger partial charge in [-0.2, -0.15) is 0 Å². The first kappa shape index (κ1) is 19.9. The molecule has 4 rings (SSSR count). The number of aryl methyl sites for hydroxylation is 1. The van der Waals surface area contributed by atoms with Crippen LogP contribution in [0.5, 0.6) is 0 Å². The van der Waals surface area contributed by atoms with Gasteiger partial charge in [0, 0.05) is 17.6 Å². The highest BCUT2D eigenvalue weighted by molar-refractivity contribution is 8.04. The molecule has 0 bridgehead atoms. The van der Waals surface area contributed by atoms with Crippen LogP contribution in [0.25, 0.3) is 0 Å². The van der Waals surface area contributed by atoms with Crippen LogP contribution in [0.3, 0.4) is 0 Å². The van der Waals surface area contributed by atoms with Gasteiger partial charge in [0.15, 0.2) is 0 Å². The van der Waals surface area contributed by atoms with Gasteiger partial charge >= 0.3 is 0 Å². The molecule has 0 unspecified atom stereocenters. The van der Waals surface area contributed by atoms with Crippen LogP contribution in [-0.2, 0) is 9.59 Å². The van der Waals surface area contributed by atoms with Gasteiger partial charge in [0.25, 0.3) is 11.8 Å². The number of hydrogen-bond donors (Lipinski definition) is 0. The van der Waals surface area contributed by atoms with Gasteiger partial charge in [-0.3, -0.25) is 9.59 Å². The van der Waals surface area contributed by atoms with Crippen molar-refractivity contribution in [3.05, 3.63) is 101 Å². The van der Waals surface area contributed by atoms with Gasteiger partial charge in [-0.25, -0.2) is 9.29 Å². The molecule has 0 N–H and O–H groups in total. The largest absolute Gasteiger partial charge is 0.339 e. The Morgan fingerprint density at radius 1 is 0.833 bits per heavy atom. The second-order valence-corrected chi connectivity index (χ2v) is 7.97. The lowest BCUT2D eigenvalue weighted by Crippen LogP contribution is -2.34. The van der Waals surface area contributed by atoms with Crippen LogP contribution in [0.4, 0.5) is 15.8 Å². The van der Waals surface area contributed by atoms with Crippen molar-refractivity contribution in [3.63, 3.8) is 0 Å². The maximum atomic E-state index is 14.5. The van der Waals surface area contributed by atoms with E-state index in [-0.39, 0.29) is 16.3 Å². The number of anilines is 2. The molecule has 0 atom stereocenters. The van der Waals surface area contributed by atoms with Crippen molar-refractivity contribution in [2.45, 2.75) is 11.8 Å². The number of hydrogen-bond acceptors (Lipinski definition) is 4. The van der Waals surface area contributed by atoms with E-state index in [4.69, 9.17) is 0 Å². The Bertz CT molecular complexity index is 1140. The number of rotatable bonds is 5. The number of likely N-dealkylation sites (N-methyl/N-ethyl adjacent to an activating group) is 1. The van der Waals surface area contributed by atoms with Crippen molar-refractivity contribution in [2.75, 3.05) is 16.8 Å². The minimum Gasteiger partial charge on any atom is -0.339 e. The average Bonchev–Trinajstić information content (AvgIpc) is 3.00. The van der Waals surface area contributed by atoms with Crippen molar-refractivity contribution in [1.82, 2.24) is 0 Å². The second-order valence-electron chi connectivity index (χ2n) is 6.88. The SMILES string of the molecule is Cc1ccc(SC2=C(N(C)c3ccccc3)C(=O)N(c3ccccc3F)C2=O)cc1. The lowest BCUT2D eigenvalue weighted by atomic mass is 10.2. The summed E-state index contributed by atoms with van der Waals surface area (Å²) in [6.07, 6.45) is 0. The number of carbonyl (C=O) groups excluding carboxylic acids is 2. The van der Waals surface area contributed by atoms with Gasteiger partial charge in [-0.1, -0.05) is 59.8 Å². The van der Waals surface area contributed by atoms with Crippen LogP contribution in [0, 0.1) is 12.7 Å². The summed E-state index contributed by atoms with van der Waals surface area (Å²) in [7, 11) is 1.73. The summed E-state index contributed by atoms with van der Waals surface area (Å²) < 4.78 is 14.5. The standard InChI is InChI=1S/C24H19FN2O2S/c1-16-12-14-18(15-13-16)30-22-21(26(2)17-8-4-3-5-9-17)23(28)27(24(22)29)20-11-7-6-10-19(20)25/h3-15H,1-2H3. The first-order valence-electron chi connectivity index (χ1n) is 9.38. The van der Waals surface area contributed by atoms with Crippen molar-refractivity contribution in [2.24, 2.45) is 0 Å². The fourth-order valence-corrected chi connectivity index (χ4v) is 4.25. The van der Waals surface area contributed by atoms with Gasteiger partial charge in [0.05, 0.1) is 5.69 Å². The molecule has 150 valence electrons. The van der Waals surface area contributed by atoms with Crippen LogP contribution in [0.15, 0.2) is 94.4 Å². The van der Waals surface area contributed by atoms with Crippen molar-refractivity contribution in [3.8, 4) is 0 Å². The number of amides is 2. The zero-order valence-electron chi connectivity index (χ0n) is 16.5. The summed E-state index contributed by atoms with van der Waals surface area (Å²) in [6.45, 7) is 1.98. The molecule has 1 heterocycles. The predicted molar refractivity (Wildman–Crippen MR) is 118 cm³/mol. The quantitative estimate of drug-likeness (QED) is 0.538. The molecule has 0 radical (unpaired) electrons. The van der Waals surface area contributed by atoms with E-state index in [1.165, 1.54) is 30.0 Å². The summed E-state index contributed by atoms with van der Waals surface area (Å²) in [5, 5.41) is 0. The van der Waals surface area contributed by atoms with E-state index in [1.807, 2.05) is 61.5 Å². The predicted octanol–water partition coefficient (Wildman–Crippen LogP) is 5.15. The fourth-order valence-electron chi connectivity index (χ4n) is 3.24. The van der Waals surface area contributed by atoms with Crippen LogP contribution in [0.2, 0.25) is 0 Å². The summed E-state index contributed by atoms with van der Waals surface area (Å²) in [5.74, 6) is -1.71. The molecule has 0 aliphatic carbocycles. The third-order valence-corrected chi connectivity index (χ3v) is 5.91. The molecular weight excluding hydrogens is 399 g/mol. The topological polar surface area (TPSA) is 40.6 Å². The van der Waals surface area contributed by atoms with Gasteiger partial charge in [0.2, 0.25) is 0 Å². The lowest BCUT2D eigenvalue weighted by molar-refractivity contribution is -0.120. The van der Waals surface area contributed by atoms with Crippen molar-refractivity contribution < 1.29 is 14.0 Å². The summed E-state index contributed by atoms with van der Waals surface area (Å²) in [5.41, 5.74) is 2.02. The molecule has 0 spiro atoms. The first-order valence-corrected chi connectivity index (χ1v) is 10.2. The molecule has 6 heteroatoms. The highest BCUT2D eigenvalue weighted by atomic mass is 32.2. The molecule has 4 nitrogen and oxygen atoms in total. The summed E-state index contributed by atoms with van der Waals surface area (Å²) in [6, 6.07) is 22.8. The Hall–Kier alpha value is -3.38. The van der Waals surface area contributed by atoms with E-state index in [1.54, 1.807) is 18.0 Å². The highest BCUT2D eigenvalue weighted by Gasteiger charge is 2.43. The number of benzene rings is 3. The number of imide groups is 1. The first-order chi connectivity index (χ1) is 14.5. The highest BCUT2D eigenvalue weighted by Crippen LogP contribution is 2.40. The Kier molecular flexibility index (Phi) is 5.42. The second kappa shape index (κ2) is 8.16. The molecule has 0 fully saturated rings. The van der Waals surface area contributed by atoms with Gasteiger partial charge in [-0.05, 0) is 43.3 Å². The van der Waals surface area contributed by atoms with Gasteiger partial charge in [-0.15, -0.1) is 0 Å². The average molecular weight is 418 g/mol. The molecule has 0 saturated heterocycles. The third-order valence-electron chi connectivity index (χ3n) is 4.83. The number of carbonyl (C=O) groups is 2. The van der Waals surface area contributed by atoms with E-state index in [9.17, 15) is 14.0 Å². The Balaban J connectivity index is 1.81. The molecule has 0 aromatic heterocycles. The number of thioether (sulfide) groups is 1. The van der Waals surface area contributed by atoms with Gasteiger partial charge in [0.1, 0.15) is 16.4 Å². The van der Waals surface area contributed by atoms with E-state index in [0.717, 1.165) is 21.0 Å². The van der Waals surface area contributed by atoms with Gasteiger partial charge < -0.3 is 4.90 Å². The number of halogens is 1. The molecule has 30 heavy (non-hydrogen) atoms. The molecule has 2 amide bonds. The summed E-state index contributed by atoms with van der Waals surface area (Å²) in [4.78, 5) is 30.4. The van der Waals surface area contributed by atoms with E-state index >= 15 is 0 Å². The van der Waals surface area contributed by atoms with E-state index in [2.05, 4.69) is 0 Å². The third kappa shape index (κ3) is 3.62. The summed E-state index contributed by atoms with van der Waals surface area (Å²) >= 11 is 1.21. The van der Waals surface area contributed by atoms with Crippen molar-refractivity contribution >= 4 is 35.0 Å². The molecule has 1 aliphatic rings. The molecule has 0 saturated carbocycles. The Labute approximate surface area is 178 Å². The number of nitrogens with zero attached hydrogens (tertiary/aromatic N) is 2. The molecule has 1 aliphatic heterocycles. The van der Waals surface area contributed by atoms with Crippen LogP contribution in [0.1, 0.15) is 5.56 Å². The van der Waals surface area contributed by atoms with Crippen LogP contribution in [-0.4, -0.2) is 18.9 Å². The molecule has 3 aromatic carbocycles. The van der Waals surface area contributed by atoms with E-state index in [0.29, 0.717) is 0 Å².